The topological polar surface area (TPSA) is 54.7 Å². The molecule has 2 heterocycles. The first-order valence-corrected chi connectivity index (χ1v) is 7.63. The summed E-state index contributed by atoms with van der Waals surface area (Å²) in [6.45, 7) is 3.29. The van der Waals surface area contributed by atoms with E-state index < -0.39 is 0 Å². The van der Waals surface area contributed by atoms with Crippen molar-refractivity contribution in [3.05, 3.63) is 59.8 Å². The molecule has 0 saturated carbocycles. The molecule has 1 fully saturated rings. The van der Waals surface area contributed by atoms with Gasteiger partial charge in [-0.1, -0.05) is 12.1 Å². The van der Waals surface area contributed by atoms with E-state index in [-0.39, 0.29) is 23.5 Å². The summed E-state index contributed by atoms with van der Waals surface area (Å²) in [5, 5.41) is 2.89. The van der Waals surface area contributed by atoms with Crippen LogP contribution in [0, 0.1) is 5.82 Å². The number of amides is 1. The number of hydrogen-bond donors (Lipinski definition) is 1. The summed E-state index contributed by atoms with van der Waals surface area (Å²) in [7, 11) is 0. The molecular formula is C17H19FN2O3. The summed E-state index contributed by atoms with van der Waals surface area (Å²) in [6, 6.07) is 9.67. The van der Waals surface area contributed by atoms with Crippen LogP contribution in [0.3, 0.4) is 0 Å². The summed E-state index contributed by atoms with van der Waals surface area (Å²) < 4.78 is 23.7. The van der Waals surface area contributed by atoms with Gasteiger partial charge in [0.1, 0.15) is 5.82 Å². The van der Waals surface area contributed by atoms with Crippen LogP contribution in [-0.2, 0) is 4.74 Å². The first-order chi connectivity index (χ1) is 11.2. The molecule has 1 atom stereocenters. The minimum absolute atomic E-state index is 0.0292. The number of furan rings is 1. The van der Waals surface area contributed by atoms with Crippen molar-refractivity contribution in [2.24, 2.45) is 0 Å². The van der Waals surface area contributed by atoms with Crippen LogP contribution in [0.1, 0.15) is 22.2 Å². The smallest absolute Gasteiger partial charge is 0.287 e. The maximum absolute atomic E-state index is 13.2. The molecule has 1 aromatic carbocycles. The van der Waals surface area contributed by atoms with Gasteiger partial charge >= 0.3 is 0 Å². The Morgan fingerprint density at radius 2 is 1.96 bits per heavy atom. The third kappa shape index (κ3) is 3.97. The van der Waals surface area contributed by atoms with Crippen molar-refractivity contribution in [1.29, 1.82) is 0 Å². The summed E-state index contributed by atoms with van der Waals surface area (Å²) in [6.07, 6.45) is 1.47. The van der Waals surface area contributed by atoms with Crippen LogP contribution >= 0.6 is 0 Å². The van der Waals surface area contributed by atoms with E-state index >= 15 is 0 Å². The van der Waals surface area contributed by atoms with Gasteiger partial charge in [0, 0.05) is 19.6 Å². The Morgan fingerprint density at radius 3 is 2.61 bits per heavy atom. The molecule has 0 unspecified atom stereocenters. The molecule has 1 aliphatic rings. The highest BCUT2D eigenvalue weighted by molar-refractivity contribution is 5.91. The van der Waals surface area contributed by atoms with Crippen molar-refractivity contribution in [3.8, 4) is 0 Å². The van der Waals surface area contributed by atoms with Gasteiger partial charge in [-0.2, -0.15) is 0 Å². The van der Waals surface area contributed by atoms with Gasteiger partial charge in [0.25, 0.3) is 5.91 Å². The zero-order chi connectivity index (χ0) is 16.1. The van der Waals surface area contributed by atoms with E-state index in [1.165, 1.54) is 18.4 Å². The highest BCUT2D eigenvalue weighted by Gasteiger charge is 2.23. The molecule has 1 aliphatic heterocycles. The number of morpholine rings is 1. The highest BCUT2D eigenvalue weighted by atomic mass is 19.1. The lowest BCUT2D eigenvalue weighted by molar-refractivity contribution is 0.0161. The van der Waals surface area contributed by atoms with Gasteiger partial charge in [-0.15, -0.1) is 0 Å². The molecule has 6 heteroatoms. The number of rotatable bonds is 5. The molecule has 1 aromatic heterocycles. The van der Waals surface area contributed by atoms with Gasteiger partial charge in [0.15, 0.2) is 5.76 Å². The predicted octanol–water partition coefficient (Wildman–Crippen LogP) is 2.22. The minimum atomic E-state index is -0.269. The predicted molar refractivity (Wildman–Crippen MR) is 82.6 cm³/mol. The molecule has 23 heavy (non-hydrogen) atoms. The van der Waals surface area contributed by atoms with Crippen LogP contribution in [0.5, 0.6) is 0 Å². The zero-order valence-electron chi connectivity index (χ0n) is 12.7. The number of benzene rings is 1. The Kier molecular flexibility index (Phi) is 5.05. The molecule has 122 valence electrons. The quantitative estimate of drug-likeness (QED) is 0.918. The normalized spacial score (nSPS) is 16.9. The van der Waals surface area contributed by atoms with E-state index in [1.54, 1.807) is 24.3 Å². The summed E-state index contributed by atoms with van der Waals surface area (Å²) >= 11 is 0. The molecule has 2 aromatic rings. The average molecular weight is 318 g/mol. The highest BCUT2D eigenvalue weighted by Crippen LogP contribution is 2.21. The fraction of sp³-hybridized carbons (Fsp3) is 0.353. The first-order valence-electron chi connectivity index (χ1n) is 7.63. The molecule has 1 amide bonds. The molecule has 0 radical (unpaired) electrons. The van der Waals surface area contributed by atoms with E-state index in [0.717, 1.165) is 18.7 Å². The van der Waals surface area contributed by atoms with E-state index in [0.29, 0.717) is 19.8 Å². The summed E-state index contributed by atoms with van der Waals surface area (Å²) in [4.78, 5) is 14.3. The van der Waals surface area contributed by atoms with Crippen LogP contribution in [0.15, 0.2) is 47.1 Å². The number of hydrogen-bond acceptors (Lipinski definition) is 4. The van der Waals surface area contributed by atoms with Crippen molar-refractivity contribution in [1.82, 2.24) is 10.2 Å². The van der Waals surface area contributed by atoms with Crippen LogP contribution in [0.2, 0.25) is 0 Å². The maximum Gasteiger partial charge on any atom is 0.287 e. The lowest BCUT2D eigenvalue weighted by Crippen LogP contribution is -2.43. The Balaban J connectivity index is 1.72. The Labute approximate surface area is 134 Å². The molecular weight excluding hydrogens is 299 g/mol. The second kappa shape index (κ2) is 7.39. The fourth-order valence-corrected chi connectivity index (χ4v) is 2.72. The summed E-state index contributed by atoms with van der Waals surface area (Å²) in [5.74, 6) is -0.241. The van der Waals surface area contributed by atoms with E-state index in [1.807, 2.05) is 0 Å². The second-order valence-corrected chi connectivity index (χ2v) is 5.40. The monoisotopic (exact) mass is 318 g/mol. The van der Waals surface area contributed by atoms with Crippen LogP contribution in [0.4, 0.5) is 4.39 Å². The van der Waals surface area contributed by atoms with Gasteiger partial charge in [0.2, 0.25) is 0 Å². The number of carbonyl (C=O) groups excluding carboxylic acids is 1. The van der Waals surface area contributed by atoms with Crippen LogP contribution < -0.4 is 5.32 Å². The number of carbonyl (C=O) groups is 1. The van der Waals surface area contributed by atoms with Crippen molar-refractivity contribution in [2.45, 2.75) is 6.04 Å². The largest absolute Gasteiger partial charge is 0.459 e. The molecule has 5 nitrogen and oxygen atoms in total. The third-order valence-corrected chi connectivity index (χ3v) is 3.94. The fourth-order valence-electron chi connectivity index (χ4n) is 2.72. The van der Waals surface area contributed by atoms with E-state index in [4.69, 9.17) is 9.15 Å². The SMILES string of the molecule is O=C(NC[C@H](c1ccc(F)cc1)N1CCOCC1)c1ccco1. The van der Waals surface area contributed by atoms with Crippen molar-refractivity contribution in [3.63, 3.8) is 0 Å². The van der Waals surface area contributed by atoms with Crippen LogP contribution in [-0.4, -0.2) is 43.7 Å². The Morgan fingerprint density at radius 1 is 1.22 bits per heavy atom. The number of nitrogens with one attached hydrogen (secondary N) is 1. The van der Waals surface area contributed by atoms with Crippen molar-refractivity contribution in [2.75, 3.05) is 32.8 Å². The molecule has 0 spiro atoms. The standard InChI is InChI=1S/C17H19FN2O3/c18-14-5-3-13(4-6-14)15(20-7-10-22-11-8-20)12-19-17(21)16-2-1-9-23-16/h1-6,9,15H,7-8,10-12H2,(H,19,21)/t15-/m1/s1. The lowest BCUT2D eigenvalue weighted by Gasteiger charge is -2.34. The Hall–Kier alpha value is -2.18. The molecule has 0 aliphatic carbocycles. The third-order valence-electron chi connectivity index (χ3n) is 3.94. The van der Waals surface area contributed by atoms with E-state index in [2.05, 4.69) is 10.2 Å². The molecule has 1 saturated heterocycles. The number of ether oxygens (including phenoxy) is 1. The second-order valence-electron chi connectivity index (χ2n) is 5.40. The minimum Gasteiger partial charge on any atom is -0.459 e. The zero-order valence-corrected chi connectivity index (χ0v) is 12.7. The number of halogens is 1. The maximum atomic E-state index is 13.2. The van der Waals surface area contributed by atoms with Gasteiger partial charge in [-0.05, 0) is 29.8 Å². The van der Waals surface area contributed by atoms with Crippen molar-refractivity contribution >= 4 is 5.91 Å². The van der Waals surface area contributed by atoms with Gasteiger partial charge < -0.3 is 14.5 Å². The van der Waals surface area contributed by atoms with Crippen molar-refractivity contribution < 1.29 is 18.3 Å². The van der Waals surface area contributed by atoms with Gasteiger partial charge in [-0.3, -0.25) is 9.69 Å². The molecule has 0 bridgehead atoms. The average Bonchev–Trinajstić information content (AvgIpc) is 3.12. The van der Waals surface area contributed by atoms with Gasteiger partial charge in [-0.25, -0.2) is 4.39 Å². The number of nitrogens with zero attached hydrogens (tertiary/aromatic N) is 1. The molecule has 3 rings (SSSR count). The Bertz CT molecular complexity index is 622. The first kappa shape index (κ1) is 15.7. The summed E-state index contributed by atoms with van der Waals surface area (Å²) in [5.41, 5.74) is 0.966. The molecule has 1 N–H and O–H groups in total. The van der Waals surface area contributed by atoms with Gasteiger partial charge in [0.05, 0.1) is 25.5 Å². The van der Waals surface area contributed by atoms with Crippen LogP contribution in [0.25, 0.3) is 0 Å². The van der Waals surface area contributed by atoms with E-state index in [9.17, 15) is 9.18 Å². The lowest BCUT2D eigenvalue weighted by atomic mass is 10.0.